The van der Waals surface area contributed by atoms with Crippen LogP contribution in [0.5, 0.6) is 0 Å². The van der Waals surface area contributed by atoms with Crippen molar-refractivity contribution in [3.63, 3.8) is 0 Å². The first kappa shape index (κ1) is 19.0. The third kappa shape index (κ3) is 4.98. The van der Waals surface area contributed by atoms with Crippen molar-refractivity contribution < 1.29 is 28.2 Å². The number of ether oxygens (including phenoxy) is 1. The predicted octanol–water partition coefficient (Wildman–Crippen LogP) is 2.48. The molecular weight excluding hydrogens is 425 g/mol. The van der Waals surface area contributed by atoms with Crippen LogP contribution in [0.4, 0.5) is 8.78 Å². The summed E-state index contributed by atoms with van der Waals surface area (Å²) in [6.07, 6.45) is 1.18. The third-order valence-corrected chi connectivity index (χ3v) is 3.14. The predicted molar refractivity (Wildman–Crippen MR) is 87.6 cm³/mol. The number of aliphatic hydroxyl groups excluding tert-OH is 1. The van der Waals surface area contributed by atoms with Gasteiger partial charge in [0.05, 0.1) is 18.4 Å². The Morgan fingerprint density at radius 3 is 2.70 bits per heavy atom. The van der Waals surface area contributed by atoms with Gasteiger partial charge in [-0.1, -0.05) is 0 Å². The number of hydrazone groups is 1. The van der Waals surface area contributed by atoms with Crippen LogP contribution in [0.15, 0.2) is 22.8 Å². The van der Waals surface area contributed by atoms with Crippen molar-refractivity contribution in [2.24, 2.45) is 5.10 Å². The summed E-state index contributed by atoms with van der Waals surface area (Å²) in [5.41, 5.74) is -1.03. The lowest BCUT2D eigenvalue weighted by molar-refractivity contribution is -0.137. The minimum atomic E-state index is -1.32. The van der Waals surface area contributed by atoms with Crippen LogP contribution in [0.25, 0.3) is 5.76 Å². The maximum atomic E-state index is 13.9. The summed E-state index contributed by atoms with van der Waals surface area (Å²) in [4.78, 5) is 22.4. The normalized spacial score (nSPS) is 12.0. The van der Waals surface area contributed by atoms with Crippen molar-refractivity contribution in [1.82, 2.24) is 5.01 Å². The number of amides is 1. The van der Waals surface area contributed by atoms with Gasteiger partial charge in [0.15, 0.2) is 11.6 Å². The number of carbonyl (C=O) groups is 2. The van der Waals surface area contributed by atoms with Gasteiger partial charge in [0.1, 0.15) is 11.3 Å². The second-order valence-electron chi connectivity index (χ2n) is 4.16. The molecule has 124 valence electrons. The standard InChI is InChI=1S/C14H13F2IN2O4/c1-3-23-14(22)10(6-18-19(2)7-20)13(21)9-4-8(17)5-11(15)12(9)16/h4-7,21H,3H2,1-2H3/b13-10-,18-6+. The van der Waals surface area contributed by atoms with Gasteiger partial charge in [-0.3, -0.25) is 4.79 Å². The molecule has 0 aliphatic heterocycles. The average molecular weight is 438 g/mol. The van der Waals surface area contributed by atoms with Crippen LogP contribution >= 0.6 is 22.6 Å². The molecule has 1 aromatic carbocycles. The van der Waals surface area contributed by atoms with Crippen LogP contribution in [0.2, 0.25) is 0 Å². The molecule has 6 nitrogen and oxygen atoms in total. The topological polar surface area (TPSA) is 79.2 Å². The molecule has 0 unspecified atom stereocenters. The molecule has 9 heteroatoms. The van der Waals surface area contributed by atoms with Gasteiger partial charge in [0.25, 0.3) is 0 Å². The Bertz CT molecular complexity index is 677. The highest BCUT2D eigenvalue weighted by Crippen LogP contribution is 2.24. The molecule has 1 rings (SSSR count). The van der Waals surface area contributed by atoms with Crippen LogP contribution < -0.4 is 0 Å². The van der Waals surface area contributed by atoms with E-state index in [2.05, 4.69) is 5.10 Å². The Balaban J connectivity index is 3.48. The monoisotopic (exact) mass is 438 g/mol. The van der Waals surface area contributed by atoms with E-state index in [0.717, 1.165) is 23.4 Å². The Kier molecular flexibility index (Phi) is 7.07. The maximum Gasteiger partial charge on any atom is 0.343 e. The first-order valence-electron chi connectivity index (χ1n) is 6.29. The number of hydrogen-bond donors (Lipinski definition) is 1. The Labute approximate surface area is 144 Å². The highest BCUT2D eigenvalue weighted by Gasteiger charge is 2.21. The average Bonchev–Trinajstić information content (AvgIpc) is 2.50. The molecule has 0 fully saturated rings. The summed E-state index contributed by atoms with van der Waals surface area (Å²) >= 11 is 1.73. The van der Waals surface area contributed by atoms with E-state index >= 15 is 0 Å². The number of nitrogens with zero attached hydrogens (tertiary/aromatic N) is 2. The van der Waals surface area contributed by atoms with Crippen molar-refractivity contribution in [3.8, 4) is 0 Å². The van der Waals surface area contributed by atoms with Gasteiger partial charge in [0.2, 0.25) is 6.41 Å². The summed E-state index contributed by atoms with van der Waals surface area (Å²) in [5, 5.41) is 14.6. The fourth-order valence-electron chi connectivity index (χ4n) is 1.47. The van der Waals surface area contributed by atoms with Gasteiger partial charge in [-0.2, -0.15) is 5.10 Å². The zero-order valence-electron chi connectivity index (χ0n) is 12.2. The van der Waals surface area contributed by atoms with E-state index in [1.54, 1.807) is 22.6 Å². The summed E-state index contributed by atoms with van der Waals surface area (Å²) in [5.74, 6) is -4.33. The smallest absolute Gasteiger partial charge is 0.343 e. The van der Waals surface area contributed by atoms with E-state index in [4.69, 9.17) is 4.74 Å². The van der Waals surface area contributed by atoms with Gasteiger partial charge in [0, 0.05) is 10.6 Å². The van der Waals surface area contributed by atoms with E-state index in [9.17, 15) is 23.5 Å². The fraction of sp³-hybridized carbons (Fsp3) is 0.214. The Morgan fingerprint density at radius 2 is 2.13 bits per heavy atom. The molecule has 23 heavy (non-hydrogen) atoms. The highest BCUT2D eigenvalue weighted by molar-refractivity contribution is 14.1. The quantitative estimate of drug-likeness (QED) is 0.108. The fourth-order valence-corrected chi connectivity index (χ4v) is 2.05. The molecule has 0 bridgehead atoms. The first-order chi connectivity index (χ1) is 10.8. The van der Waals surface area contributed by atoms with E-state index in [1.807, 2.05) is 0 Å². The number of hydrogen-bond acceptors (Lipinski definition) is 5. The summed E-state index contributed by atoms with van der Waals surface area (Å²) in [6, 6.07) is 2.09. The molecular formula is C14H13F2IN2O4. The number of rotatable bonds is 6. The molecule has 0 aliphatic carbocycles. The van der Waals surface area contributed by atoms with Gasteiger partial charge in [-0.05, 0) is 41.6 Å². The molecule has 0 heterocycles. The molecule has 0 saturated carbocycles. The second-order valence-corrected chi connectivity index (χ2v) is 5.40. The summed E-state index contributed by atoms with van der Waals surface area (Å²) in [7, 11) is 1.29. The zero-order chi connectivity index (χ0) is 17.6. The van der Waals surface area contributed by atoms with Gasteiger partial charge in [-0.25, -0.2) is 18.6 Å². The molecule has 0 saturated heterocycles. The van der Waals surface area contributed by atoms with Crippen molar-refractivity contribution in [3.05, 3.63) is 38.5 Å². The SMILES string of the molecule is CCOC(=O)C(/C=N/N(C)C=O)=C(\O)c1cc(I)cc(F)c1F. The molecule has 0 atom stereocenters. The Hall–Kier alpha value is -2.04. The molecule has 1 N–H and O–H groups in total. The van der Waals surface area contributed by atoms with Crippen LogP contribution in [0.1, 0.15) is 12.5 Å². The van der Waals surface area contributed by atoms with Crippen LogP contribution in [-0.4, -0.2) is 42.4 Å². The first-order valence-corrected chi connectivity index (χ1v) is 7.37. The number of aliphatic hydroxyl groups is 1. The van der Waals surface area contributed by atoms with Crippen molar-refractivity contribution in [1.29, 1.82) is 0 Å². The number of benzene rings is 1. The second kappa shape index (κ2) is 8.56. The van der Waals surface area contributed by atoms with Crippen LogP contribution in [-0.2, 0) is 14.3 Å². The minimum absolute atomic E-state index is 0.00383. The van der Waals surface area contributed by atoms with E-state index in [1.165, 1.54) is 14.0 Å². The lowest BCUT2D eigenvalue weighted by Gasteiger charge is -2.09. The molecule has 1 amide bonds. The maximum absolute atomic E-state index is 13.9. The lowest BCUT2D eigenvalue weighted by Crippen LogP contribution is -2.15. The summed E-state index contributed by atoms with van der Waals surface area (Å²) < 4.78 is 32.4. The number of esters is 1. The van der Waals surface area contributed by atoms with Gasteiger partial charge in [-0.15, -0.1) is 0 Å². The van der Waals surface area contributed by atoms with E-state index in [0.29, 0.717) is 9.98 Å². The molecule has 0 aromatic heterocycles. The lowest BCUT2D eigenvalue weighted by atomic mass is 10.1. The van der Waals surface area contributed by atoms with E-state index in [-0.39, 0.29) is 6.61 Å². The number of carbonyl (C=O) groups excluding carboxylic acids is 2. The zero-order valence-corrected chi connectivity index (χ0v) is 14.4. The van der Waals surface area contributed by atoms with Gasteiger partial charge < -0.3 is 9.84 Å². The molecule has 0 radical (unpaired) electrons. The summed E-state index contributed by atoms with van der Waals surface area (Å²) in [6.45, 7) is 1.53. The van der Waals surface area contributed by atoms with Crippen molar-refractivity contribution in [2.75, 3.05) is 13.7 Å². The van der Waals surface area contributed by atoms with Crippen LogP contribution in [0.3, 0.4) is 0 Å². The van der Waals surface area contributed by atoms with Crippen LogP contribution in [0, 0.1) is 15.2 Å². The molecule has 0 spiro atoms. The molecule has 0 aliphatic rings. The van der Waals surface area contributed by atoms with Gasteiger partial charge >= 0.3 is 5.97 Å². The van der Waals surface area contributed by atoms with Crippen molar-refractivity contribution >= 4 is 46.9 Å². The Morgan fingerprint density at radius 1 is 1.48 bits per heavy atom. The van der Waals surface area contributed by atoms with E-state index < -0.39 is 34.5 Å². The van der Waals surface area contributed by atoms with Crippen molar-refractivity contribution in [2.45, 2.75) is 6.92 Å². The largest absolute Gasteiger partial charge is 0.506 e. The minimum Gasteiger partial charge on any atom is -0.506 e. The number of halogens is 3. The highest BCUT2D eigenvalue weighted by atomic mass is 127. The third-order valence-electron chi connectivity index (χ3n) is 2.52. The molecule has 1 aromatic rings.